The number of thiophene rings is 1. The van der Waals surface area contributed by atoms with E-state index in [-0.39, 0.29) is 0 Å². The molecule has 0 aliphatic heterocycles. The number of nitrogen functional groups attached to an aromatic ring is 1. The fraction of sp³-hybridized carbons (Fsp3) is 0.167. The second-order valence-corrected chi connectivity index (χ2v) is 7.23. The van der Waals surface area contributed by atoms with E-state index in [1.807, 2.05) is 6.07 Å². The fourth-order valence-electron chi connectivity index (χ4n) is 1.42. The van der Waals surface area contributed by atoms with E-state index in [9.17, 15) is 0 Å². The third kappa shape index (κ3) is 2.63. The third-order valence-corrected chi connectivity index (χ3v) is 5.98. The summed E-state index contributed by atoms with van der Waals surface area (Å²) in [4.78, 5) is 1.90. The molecule has 1 heterocycles. The van der Waals surface area contributed by atoms with Gasteiger partial charge in [0, 0.05) is 0 Å². The van der Waals surface area contributed by atoms with Gasteiger partial charge < -0.3 is 0 Å². The summed E-state index contributed by atoms with van der Waals surface area (Å²) in [7, 11) is 0. The van der Waals surface area contributed by atoms with Crippen LogP contribution in [-0.4, -0.2) is 15.0 Å². The minimum absolute atomic E-state index is 0.472. The number of hydrogen-bond acceptors (Lipinski definition) is 2. The molecule has 1 unspecified atom stereocenters. The maximum atomic E-state index is 5.92. The fourth-order valence-corrected chi connectivity index (χ4v) is 4.80. The molecule has 0 aliphatic rings. The van der Waals surface area contributed by atoms with Crippen molar-refractivity contribution in [1.82, 2.24) is 0 Å². The van der Waals surface area contributed by atoms with Gasteiger partial charge >= 0.3 is 101 Å². The topological polar surface area (TPSA) is 26.0 Å². The van der Waals surface area contributed by atoms with Gasteiger partial charge in [0.2, 0.25) is 0 Å². The summed E-state index contributed by atoms with van der Waals surface area (Å²) in [6, 6.07) is 12.6. The molecule has 1 nitrogen and oxygen atoms in total. The van der Waals surface area contributed by atoms with Crippen molar-refractivity contribution in [1.29, 1.82) is 0 Å². The van der Waals surface area contributed by atoms with Crippen LogP contribution in [0.3, 0.4) is 0 Å². The summed E-state index contributed by atoms with van der Waals surface area (Å²) >= 11 is 2.24. The Bertz CT molecular complexity index is 424. The SMILES string of the molecule is CC([Se]c1ccccc1)c1sccc1N. The Morgan fingerprint density at radius 2 is 1.93 bits per heavy atom. The molecule has 0 spiro atoms. The van der Waals surface area contributed by atoms with Gasteiger partial charge in [-0.25, -0.2) is 0 Å². The second-order valence-electron chi connectivity index (χ2n) is 3.31. The number of rotatable bonds is 3. The molecule has 3 heteroatoms. The quantitative estimate of drug-likeness (QED) is 0.860. The number of nitrogens with two attached hydrogens (primary N) is 1. The van der Waals surface area contributed by atoms with Crippen LogP contribution < -0.4 is 10.2 Å². The number of hydrogen-bond donors (Lipinski definition) is 1. The van der Waals surface area contributed by atoms with Crippen molar-refractivity contribution in [2.45, 2.75) is 11.7 Å². The molecule has 0 bridgehead atoms. The van der Waals surface area contributed by atoms with Gasteiger partial charge in [-0.1, -0.05) is 0 Å². The number of benzene rings is 1. The number of anilines is 1. The van der Waals surface area contributed by atoms with Crippen molar-refractivity contribution in [3.8, 4) is 0 Å². The van der Waals surface area contributed by atoms with Gasteiger partial charge in [0.1, 0.15) is 0 Å². The first kappa shape index (κ1) is 10.7. The maximum absolute atomic E-state index is 5.92. The van der Waals surface area contributed by atoms with Crippen LogP contribution in [-0.2, 0) is 0 Å². The van der Waals surface area contributed by atoms with E-state index in [2.05, 4.69) is 42.6 Å². The molecule has 0 aliphatic carbocycles. The molecule has 1 atom stereocenters. The summed E-state index contributed by atoms with van der Waals surface area (Å²) in [5.41, 5.74) is 6.86. The Balaban J connectivity index is 2.11. The van der Waals surface area contributed by atoms with E-state index >= 15 is 0 Å². The molecule has 2 aromatic rings. The normalized spacial score (nSPS) is 12.6. The first-order chi connectivity index (χ1) is 7.27. The summed E-state index contributed by atoms with van der Waals surface area (Å²) in [5.74, 6) is 0. The average Bonchev–Trinajstić information content (AvgIpc) is 2.66. The molecule has 1 aromatic heterocycles. The molecule has 0 fully saturated rings. The van der Waals surface area contributed by atoms with Gasteiger partial charge in [-0.3, -0.25) is 0 Å². The van der Waals surface area contributed by atoms with Crippen molar-refractivity contribution in [2.75, 3.05) is 5.73 Å². The first-order valence-corrected chi connectivity index (χ1v) is 7.54. The minimum atomic E-state index is 0.472. The van der Waals surface area contributed by atoms with E-state index in [0.717, 1.165) is 5.69 Å². The standard InChI is InChI=1S/C12H13NSSe/c1-9(12-11(13)7-8-14-12)15-10-5-3-2-4-6-10/h2-9H,13H2,1H3. The van der Waals surface area contributed by atoms with E-state index in [1.165, 1.54) is 9.34 Å². The van der Waals surface area contributed by atoms with Crippen LogP contribution in [0.4, 0.5) is 5.69 Å². The van der Waals surface area contributed by atoms with Crippen LogP contribution in [0.15, 0.2) is 41.8 Å². The predicted molar refractivity (Wildman–Crippen MR) is 69.0 cm³/mol. The van der Waals surface area contributed by atoms with Crippen molar-refractivity contribution in [3.63, 3.8) is 0 Å². The molecule has 0 amide bonds. The van der Waals surface area contributed by atoms with Crippen LogP contribution in [0, 0.1) is 0 Å². The molecule has 2 rings (SSSR count). The van der Waals surface area contributed by atoms with Gasteiger partial charge in [-0.15, -0.1) is 0 Å². The monoisotopic (exact) mass is 283 g/mol. The Labute approximate surface area is 100 Å². The van der Waals surface area contributed by atoms with Gasteiger partial charge in [-0.2, -0.15) is 0 Å². The van der Waals surface area contributed by atoms with E-state index in [0.29, 0.717) is 19.8 Å². The van der Waals surface area contributed by atoms with Crippen LogP contribution in [0.1, 0.15) is 16.6 Å². The van der Waals surface area contributed by atoms with Crippen molar-refractivity contribution in [3.05, 3.63) is 46.7 Å². The van der Waals surface area contributed by atoms with Gasteiger partial charge in [0.15, 0.2) is 0 Å². The van der Waals surface area contributed by atoms with E-state index in [4.69, 9.17) is 5.73 Å². The Morgan fingerprint density at radius 1 is 1.20 bits per heavy atom. The predicted octanol–water partition coefficient (Wildman–Crippen LogP) is 2.42. The zero-order valence-corrected chi connectivity index (χ0v) is 11.0. The van der Waals surface area contributed by atoms with Crippen LogP contribution >= 0.6 is 11.3 Å². The third-order valence-electron chi connectivity index (χ3n) is 2.15. The molecule has 0 radical (unpaired) electrons. The molecule has 0 saturated heterocycles. The van der Waals surface area contributed by atoms with Gasteiger partial charge in [0.25, 0.3) is 0 Å². The van der Waals surface area contributed by atoms with Crippen molar-refractivity contribution >= 4 is 36.4 Å². The molecule has 0 saturated carbocycles. The van der Waals surface area contributed by atoms with Crippen LogP contribution in [0.2, 0.25) is 0 Å². The second kappa shape index (κ2) is 4.84. The molecular weight excluding hydrogens is 269 g/mol. The Hall–Kier alpha value is -0.761. The summed E-state index contributed by atoms with van der Waals surface area (Å²) in [6.45, 7) is 2.26. The summed E-state index contributed by atoms with van der Waals surface area (Å²) < 4.78 is 1.44. The zero-order valence-electron chi connectivity index (χ0n) is 8.51. The molecule has 1 aromatic carbocycles. The summed E-state index contributed by atoms with van der Waals surface area (Å²) in [5, 5.41) is 2.07. The van der Waals surface area contributed by atoms with E-state index < -0.39 is 0 Å². The van der Waals surface area contributed by atoms with E-state index in [1.54, 1.807) is 11.3 Å². The molecule has 2 N–H and O–H groups in total. The Morgan fingerprint density at radius 3 is 2.53 bits per heavy atom. The molecule has 15 heavy (non-hydrogen) atoms. The van der Waals surface area contributed by atoms with Crippen molar-refractivity contribution in [2.24, 2.45) is 0 Å². The van der Waals surface area contributed by atoms with Crippen LogP contribution in [0.25, 0.3) is 0 Å². The Kier molecular flexibility index (Phi) is 3.47. The average molecular weight is 282 g/mol. The van der Waals surface area contributed by atoms with Gasteiger partial charge in [0.05, 0.1) is 0 Å². The summed E-state index contributed by atoms with van der Waals surface area (Å²) in [6.07, 6.45) is 0. The molecular formula is C12H13NSSe. The zero-order chi connectivity index (χ0) is 10.7. The first-order valence-electron chi connectivity index (χ1n) is 4.82. The van der Waals surface area contributed by atoms with Gasteiger partial charge in [-0.05, 0) is 0 Å². The molecule has 78 valence electrons. The van der Waals surface area contributed by atoms with Crippen molar-refractivity contribution < 1.29 is 0 Å². The van der Waals surface area contributed by atoms with Crippen LogP contribution in [0.5, 0.6) is 0 Å².